The van der Waals surface area contributed by atoms with Crippen LogP contribution >= 0.6 is 0 Å². The standard InChI is InChI=1S/C22H23N3O3/c1-15-9-10-17(13-19(15)24-11-5-8-20(24)26)23-22(28)16-12-21(27)25(14-16)18-6-3-2-4-7-18/h2-4,6-7,9-10,13,16H,5,8,11-12,14H2,1H3,(H,23,28). The monoisotopic (exact) mass is 377 g/mol. The molecule has 3 amide bonds. The van der Waals surface area contributed by atoms with E-state index >= 15 is 0 Å². The van der Waals surface area contributed by atoms with Crippen molar-refractivity contribution >= 4 is 34.8 Å². The van der Waals surface area contributed by atoms with Gasteiger partial charge >= 0.3 is 0 Å². The van der Waals surface area contributed by atoms with Crippen LogP contribution in [0.4, 0.5) is 17.1 Å². The number of carbonyl (C=O) groups is 3. The quantitative estimate of drug-likeness (QED) is 0.890. The smallest absolute Gasteiger partial charge is 0.229 e. The van der Waals surface area contributed by atoms with Gasteiger partial charge in [0.1, 0.15) is 0 Å². The van der Waals surface area contributed by atoms with Gasteiger partial charge in [0.05, 0.1) is 5.92 Å². The number of rotatable bonds is 4. The molecule has 6 nitrogen and oxygen atoms in total. The van der Waals surface area contributed by atoms with E-state index in [1.807, 2.05) is 55.5 Å². The van der Waals surface area contributed by atoms with Gasteiger partial charge < -0.3 is 15.1 Å². The van der Waals surface area contributed by atoms with Gasteiger partial charge in [0.25, 0.3) is 0 Å². The first kappa shape index (κ1) is 18.2. The molecule has 1 atom stereocenters. The summed E-state index contributed by atoms with van der Waals surface area (Å²) in [6, 6.07) is 15.0. The summed E-state index contributed by atoms with van der Waals surface area (Å²) in [6.45, 7) is 3.04. The molecular formula is C22H23N3O3. The molecule has 6 heteroatoms. The predicted molar refractivity (Wildman–Crippen MR) is 108 cm³/mol. The van der Waals surface area contributed by atoms with E-state index in [-0.39, 0.29) is 24.1 Å². The van der Waals surface area contributed by atoms with Crippen LogP contribution in [0.3, 0.4) is 0 Å². The van der Waals surface area contributed by atoms with Gasteiger partial charge in [-0.2, -0.15) is 0 Å². The van der Waals surface area contributed by atoms with Crippen LogP contribution in [-0.4, -0.2) is 30.8 Å². The number of benzene rings is 2. The highest BCUT2D eigenvalue weighted by atomic mass is 16.2. The molecule has 0 saturated carbocycles. The third-order valence-corrected chi connectivity index (χ3v) is 5.40. The molecule has 144 valence electrons. The second-order valence-corrected chi connectivity index (χ2v) is 7.38. The van der Waals surface area contributed by atoms with Crippen molar-refractivity contribution in [2.75, 3.05) is 28.2 Å². The van der Waals surface area contributed by atoms with Crippen molar-refractivity contribution in [2.24, 2.45) is 5.92 Å². The molecule has 2 aliphatic heterocycles. The summed E-state index contributed by atoms with van der Waals surface area (Å²) in [4.78, 5) is 40.6. The lowest BCUT2D eigenvalue weighted by atomic mass is 10.1. The van der Waals surface area contributed by atoms with E-state index in [0.29, 0.717) is 25.2 Å². The van der Waals surface area contributed by atoms with Crippen LogP contribution < -0.4 is 15.1 Å². The van der Waals surface area contributed by atoms with Crippen molar-refractivity contribution in [3.05, 3.63) is 54.1 Å². The Balaban J connectivity index is 1.47. The molecule has 0 aliphatic carbocycles. The summed E-state index contributed by atoms with van der Waals surface area (Å²) < 4.78 is 0. The van der Waals surface area contributed by atoms with Gasteiger partial charge in [0.15, 0.2) is 0 Å². The van der Waals surface area contributed by atoms with Crippen LogP contribution in [0.1, 0.15) is 24.8 Å². The van der Waals surface area contributed by atoms with Crippen molar-refractivity contribution in [3.8, 4) is 0 Å². The Kier molecular flexibility index (Phi) is 4.86. The third kappa shape index (κ3) is 3.50. The zero-order valence-corrected chi connectivity index (χ0v) is 15.9. The van der Waals surface area contributed by atoms with Crippen LogP contribution in [0.25, 0.3) is 0 Å². The number of anilines is 3. The summed E-state index contributed by atoms with van der Waals surface area (Å²) >= 11 is 0. The molecule has 4 rings (SSSR count). The average Bonchev–Trinajstić information content (AvgIpc) is 3.30. The minimum atomic E-state index is -0.397. The minimum Gasteiger partial charge on any atom is -0.326 e. The molecule has 1 N–H and O–H groups in total. The first-order valence-corrected chi connectivity index (χ1v) is 9.60. The van der Waals surface area contributed by atoms with E-state index in [1.165, 1.54) is 0 Å². The molecule has 0 aromatic heterocycles. The van der Waals surface area contributed by atoms with Crippen molar-refractivity contribution in [1.82, 2.24) is 0 Å². The second-order valence-electron chi connectivity index (χ2n) is 7.38. The Morgan fingerprint density at radius 3 is 2.54 bits per heavy atom. The Morgan fingerprint density at radius 1 is 1.04 bits per heavy atom. The summed E-state index contributed by atoms with van der Waals surface area (Å²) in [5.74, 6) is -0.495. The van der Waals surface area contributed by atoms with Crippen LogP contribution in [0.2, 0.25) is 0 Å². The van der Waals surface area contributed by atoms with Crippen molar-refractivity contribution in [2.45, 2.75) is 26.2 Å². The van der Waals surface area contributed by atoms with Crippen molar-refractivity contribution < 1.29 is 14.4 Å². The summed E-state index contributed by atoms with van der Waals surface area (Å²) in [5, 5.41) is 2.93. The van der Waals surface area contributed by atoms with E-state index in [1.54, 1.807) is 9.80 Å². The maximum absolute atomic E-state index is 12.7. The molecule has 2 aliphatic rings. The number of amides is 3. The third-order valence-electron chi connectivity index (χ3n) is 5.40. The van der Waals surface area contributed by atoms with Gasteiger partial charge in [-0.1, -0.05) is 24.3 Å². The molecule has 2 aromatic rings. The number of hydrogen-bond acceptors (Lipinski definition) is 3. The molecule has 2 aromatic carbocycles. The topological polar surface area (TPSA) is 69.7 Å². The number of nitrogens with one attached hydrogen (secondary N) is 1. The van der Waals surface area contributed by atoms with Crippen LogP contribution in [-0.2, 0) is 14.4 Å². The van der Waals surface area contributed by atoms with Crippen LogP contribution in [0.15, 0.2) is 48.5 Å². The maximum Gasteiger partial charge on any atom is 0.229 e. The summed E-state index contributed by atoms with van der Waals surface area (Å²) in [7, 11) is 0. The average molecular weight is 377 g/mol. The van der Waals surface area contributed by atoms with E-state index < -0.39 is 5.92 Å². The number of para-hydroxylation sites is 1. The van der Waals surface area contributed by atoms with E-state index in [0.717, 1.165) is 23.4 Å². The van der Waals surface area contributed by atoms with Gasteiger partial charge in [0.2, 0.25) is 17.7 Å². The van der Waals surface area contributed by atoms with Crippen molar-refractivity contribution in [1.29, 1.82) is 0 Å². The second kappa shape index (κ2) is 7.46. The Hall–Kier alpha value is -3.15. The molecule has 1 unspecified atom stereocenters. The molecule has 2 heterocycles. The molecule has 0 bridgehead atoms. The first-order chi connectivity index (χ1) is 13.5. The highest BCUT2D eigenvalue weighted by Gasteiger charge is 2.35. The number of hydrogen-bond donors (Lipinski definition) is 1. The zero-order chi connectivity index (χ0) is 19.7. The molecule has 28 heavy (non-hydrogen) atoms. The SMILES string of the molecule is Cc1ccc(NC(=O)C2CC(=O)N(c3ccccc3)C2)cc1N1CCCC1=O. The van der Waals surface area contributed by atoms with Gasteiger partial charge in [-0.15, -0.1) is 0 Å². The lowest BCUT2D eigenvalue weighted by Crippen LogP contribution is -2.28. The maximum atomic E-state index is 12.7. The lowest BCUT2D eigenvalue weighted by Gasteiger charge is -2.20. The summed E-state index contributed by atoms with van der Waals surface area (Å²) in [5.41, 5.74) is 3.30. The highest BCUT2D eigenvalue weighted by Crippen LogP contribution is 2.30. The zero-order valence-electron chi connectivity index (χ0n) is 15.9. The molecule has 0 spiro atoms. The van der Waals surface area contributed by atoms with Gasteiger partial charge in [0, 0.05) is 43.0 Å². The molecule has 2 fully saturated rings. The number of aryl methyl sites for hydroxylation is 1. The Bertz CT molecular complexity index is 926. The van der Waals surface area contributed by atoms with Crippen LogP contribution in [0.5, 0.6) is 0 Å². The Labute approximate surface area is 164 Å². The van der Waals surface area contributed by atoms with Crippen LogP contribution in [0, 0.1) is 12.8 Å². The van der Waals surface area contributed by atoms with Crippen molar-refractivity contribution in [3.63, 3.8) is 0 Å². The number of nitrogens with zero attached hydrogens (tertiary/aromatic N) is 2. The fourth-order valence-electron chi connectivity index (χ4n) is 3.87. The fourth-order valence-corrected chi connectivity index (χ4v) is 3.87. The van der Waals surface area contributed by atoms with Gasteiger partial charge in [-0.25, -0.2) is 0 Å². The largest absolute Gasteiger partial charge is 0.326 e. The van der Waals surface area contributed by atoms with Gasteiger partial charge in [-0.05, 0) is 43.2 Å². The molecule has 2 saturated heterocycles. The Morgan fingerprint density at radius 2 is 1.82 bits per heavy atom. The lowest BCUT2D eigenvalue weighted by molar-refractivity contribution is -0.122. The minimum absolute atomic E-state index is 0.0430. The predicted octanol–water partition coefficient (Wildman–Crippen LogP) is 3.11. The first-order valence-electron chi connectivity index (χ1n) is 9.60. The summed E-state index contributed by atoms with van der Waals surface area (Å²) in [6.07, 6.45) is 1.62. The highest BCUT2D eigenvalue weighted by molar-refractivity contribution is 6.04. The van der Waals surface area contributed by atoms with E-state index in [4.69, 9.17) is 0 Å². The normalized spacial score (nSPS) is 19.4. The molecular weight excluding hydrogens is 354 g/mol. The van der Waals surface area contributed by atoms with Gasteiger partial charge in [-0.3, -0.25) is 14.4 Å². The van der Waals surface area contributed by atoms with E-state index in [9.17, 15) is 14.4 Å². The fraction of sp³-hybridized carbons (Fsp3) is 0.318. The van der Waals surface area contributed by atoms with E-state index in [2.05, 4.69) is 5.32 Å². The molecule has 0 radical (unpaired) electrons. The number of carbonyl (C=O) groups excluding carboxylic acids is 3.